The summed E-state index contributed by atoms with van der Waals surface area (Å²) in [4.78, 5) is 11.2. The minimum Gasteiger partial charge on any atom is -0.309 e. The molecule has 13 aromatic rings. The number of hydrogen-bond acceptors (Lipinski definition) is 4. The molecule has 5 heterocycles. The lowest BCUT2D eigenvalue weighted by molar-refractivity contribution is 0.928. The van der Waals surface area contributed by atoms with Crippen molar-refractivity contribution in [3.8, 4) is 34.0 Å². The molecule has 0 saturated carbocycles. The lowest BCUT2D eigenvalue weighted by Gasteiger charge is -2.18. The predicted octanol–water partition coefficient (Wildman–Crippen LogP) is 16.4. The molecule has 0 amide bonds. The van der Waals surface area contributed by atoms with Gasteiger partial charge in [0.15, 0.2) is 5.82 Å². The molecule has 0 aliphatic carbocycles. The molecule has 66 heavy (non-hydrogen) atoms. The van der Waals surface area contributed by atoms with Gasteiger partial charge in [-0.15, -0.1) is 23.1 Å². The zero-order valence-corrected chi connectivity index (χ0v) is 37.3. The van der Waals surface area contributed by atoms with Crippen LogP contribution >= 0.6 is 23.1 Å². The van der Waals surface area contributed by atoms with Crippen molar-refractivity contribution in [1.82, 2.24) is 19.1 Å². The first-order valence-corrected chi connectivity index (χ1v) is 24.3. The second-order valence-corrected chi connectivity index (χ2v) is 19.2. The number of allylic oxidation sites excluding steroid dienone is 3. The van der Waals surface area contributed by atoms with Gasteiger partial charge in [-0.25, -0.2) is 9.97 Å². The quantitative estimate of drug-likeness (QED) is 0.165. The van der Waals surface area contributed by atoms with E-state index in [1.165, 1.54) is 85.6 Å². The summed E-state index contributed by atoms with van der Waals surface area (Å²) in [5.41, 5.74) is 10.4. The number of rotatable bonds is 4. The molecule has 0 unspecified atom stereocenters. The molecule has 1 aliphatic rings. The van der Waals surface area contributed by atoms with E-state index >= 15 is 0 Å². The van der Waals surface area contributed by atoms with E-state index in [0.717, 1.165) is 50.1 Å². The van der Waals surface area contributed by atoms with Crippen LogP contribution in [0.25, 0.3) is 119 Å². The lowest BCUT2D eigenvalue weighted by Crippen LogP contribution is -2.08. The van der Waals surface area contributed by atoms with Crippen LogP contribution in [0.5, 0.6) is 0 Å². The van der Waals surface area contributed by atoms with Gasteiger partial charge in [-0.1, -0.05) is 164 Å². The molecule has 0 atom stereocenters. The van der Waals surface area contributed by atoms with Gasteiger partial charge in [0.2, 0.25) is 0 Å². The molecule has 0 spiro atoms. The SMILES string of the molecule is C1=C\CSc2nc(-c3cccc4ccccc34)nc(-n3c4ccc(-c5ccc6c7ccccc7n(-c7ccccc7)c6c5)cc4c4c5ccccc5c5sc6ccccc6c5c43)c2C\C=C/1. The Kier molecular flexibility index (Phi) is 8.48. The van der Waals surface area contributed by atoms with Gasteiger partial charge in [0.1, 0.15) is 10.8 Å². The summed E-state index contributed by atoms with van der Waals surface area (Å²) in [6.07, 6.45) is 9.51. The second kappa shape index (κ2) is 14.9. The normalized spacial score (nSPS) is 14.1. The third-order valence-corrected chi connectivity index (χ3v) is 15.6. The van der Waals surface area contributed by atoms with Gasteiger partial charge in [-0.3, -0.25) is 4.57 Å². The van der Waals surface area contributed by atoms with Gasteiger partial charge >= 0.3 is 0 Å². The molecular weight excluding hydrogens is 841 g/mol. The van der Waals surface area contributed by atoms with E-state index in [9.17, 15) is 0 Å². The Balaban J connectivity index is 1.12. The molecule has 4 nitrogen and oxygen atoms in total. The van der Waals surface area contributed by atoms with E-state index in [4.69, 9.17) is 9.97 Å². The number of aromatic nitrogens is 4. The topological polar surface area (TPSA) is 35.6 Å². The van der Waals surface area contributed by atoms with Crippen molar-refractivity contribution in [3.05, 3.63) is 212 Å². The number of benzene rings is 9. The highest BCUT2D eigenvalue weighted by molar-refractivity contribution is 7.99. The molecule has 1 aliphatic heterocycles. The van der Waals surface area contributed by atoms with Gasteiger partial charge in [0.25, 0.3) is 0 Å². The Morgan fingerprint density at radius 2 is 1.17 bits per heavy atom. The van der Waals surface area contributed by atoms with Crippen LogP contribution in [-0.2, 0) is 6.42 Å². The van der Waals surface area contributed by atoms with Crippen LogP contribution in [0.1, 0.15) is 5.56 Å². The Morgan fingerprint density at radius 1 is 0.470 bits per heavy atom. The summed E-state index contributed by atoms with van der Waals surface area (Å²) in [5.74, 6) is 2.48. The van der Waals surface area contributed by atoms with Crippen LogP contribution in [0.3, 0.4) is 0 Å². The second-order valence-electron chi connectivity index (χ2n) is 17.1. The van der Waals surface area contributed by atoms with Gasteiger partial charge < -0.3 is 4.57 Å². The van der Waals surface area contributed by atoms with Gasteiger partial charge in [0, 0.05) is 69.7 Å². The molecule has 9 aromatic carbocycles. The van der Waals surface area contributed by atoms with E-state index in [1.807, 2.05) is 11.3 Å². The molecule has 4 aromatic heterocycles. The van der Waals surface area contributed by atoms with Crippen LogP contribution in [0.4, 0.5) is 0 Å². The third-order valence-electron chi connectivity index (χ3n) is 13.5. The van der Waals surface area contributed by atoms with Gasteiger partial charge in [-0.2, -0.15) is 0 Å². The maximum Gasteiger partial charge on any atom is 0.163 e. The Hall–Kier alpha value is -7.77. The van der Waals surface area contributed by atoms with Gasteiger partial charge in [0.05, 0.1) is 22.1 Å². The zero-order valence-electron chi connectivity index (χ0n) is 35.6. The summed E-state index contributed by atoms with van der Waals surface area (Å²) < 4.78 is 7.49. The van der Waals surface area contributed by atoms with E-state index in [-0.39, 0.29) is 0 Å². The number of fused-ring (bicyclic) bond motifs is 15. The first-order chi connectivity index (χ1) is 32.8. The van der Waals surface area contributed by atoms with Crippen LogP contribution in [0.2, 0.25) is 0 Å². The summed E-state index contributed by atoms with van der Waals surface area (Å²) in [6, 6.07) is 66.6. The highest BCUT2D eigenvalue weighted by Crippen LogP contribution is 2.49. The first-order valence-electron chi connectivity index (χ1n) is 22.5. The third kappa shape index (κ3) is 5.65. The van der Waals surface area contributed by atoms with Crippen molar-refractivity contribution in [1.29, 1.82) is 0 Å². The molecule has 310 valence electrons. The largest absolute Gasteiger partial charge is 0.309 e. The van der Waals surface area contributed by atoms with E-state index in [1.54, 1.807) is 11.8 Å². The molecule has 0 radical (unpaired) electrons. The average Bonchev–Trinajstić information content (AvgIpc) is 4.06. The molecular formula is C60H38N4S2. The number of thioether (sulfide) groups is 1. The maximum atomic E-state index is 5.76. The van der Waals surface area contributed by atoms with Crippen molar-refractivity contribution in [2.75, 3.05) is 5.75 Å². The van der Waals surface area contributed by atoms with Crippen molar-refractivity contribution >= 4 is 108 Å². The zero-order chi connectivity index (χ0) is 43.3. The first kappa shape index (κ1) is 37.6. The van der Waals surface area contributed by atoms with Crippen LogP contribution in [0.15, 0.2) is 211 Å². The fraction of sp³-hybridized carbons (Fsp3) is 0.0333. The van der Waals surface area contributed by atoms with E-state index in [0.29, 0.717) is 6.42 Å². The standard InChI is InChI=1S/C60H38N4S2/c1-2-15-34-65-60-48(26-6-1)59(61-58(62-60)46-27-16-18-37-17-7-8-21-41(37)46)64-51-33-31-38(39-30-32-43-42-22-11-13-28-50(42)63(52(43)36-39)40-19-4-3-5-20-40)35-49(51)54-44-23-9-10-24-45(44)57-55(56(54)64)47-25-12-14-29-53(47)66-57/h1-25,27-33,35-36H,26,34H2/b6-1-,15-2-. The Bertz CT molecular complexity index is 4200. The summed E-state index contributed by atoms with van der Waals surface area (Å²) in [7, 11) is 0. The predicted molar refractivity (Wildman–Crippen MR) is 282 cm³/mol. The summed E-state index contributed by atoms with van der Waals surface area (Å²) in [6.45, 7) is 0. The van der Waals surface area contributed by atoms with Crippen molar-refractivity contribution in [2.45, 2.75) is 11.4 Å². The maximum absolute atomic E-state index is 5.76. The molecule has 0 fully saturated rings. The monoisotopic (exact) mass is 878 g/mol. The fourth-order valence-corrected chi connectivity index (χ4v) is 12.7. The number of nitrogens with zero attached hydrogens (tertiary/aromatic N) is 4. The average molecular weight is 879 g/mol. The minimum absolute atomic E-state index is 0.702. The number of thiophene rings is 1. The molecule has 6 heteroatoms. The number of hydrogen-bond donors (Lipinski definition) is 0. The van der Waals surface area contributed by atoms with E-state index in [2.05, 4.69) is 215 Å². The van der Waals surface area contributed by atoms with Crippen molar-refractivity contribution in [2.24, 2.45) is 0 Å². The summed E-state index contributed by atoms with van der Waals surface area (Å²) >= 11 is 3.68. The van der Waals surface area contributed by atoms with Crippen LogP contribution in [-0.4, -0.2) is 24.9 Å². The van der Waals surface area contributed by atoms with E-state index < -0.39 is 0 Å². The summed E-state index contributed by atoms with van der Waals surface area (Å²) in [5, 5.41) is 13.3. The highest BCUT2D eigenvalue weighted by atomic mass is 32.2. The van der Waals surface area contributed by atoms with Crippen molar-refractivity contribution < 1.29 is 0 Å². The minimum atomic E-state index is 0.702. The molecule has 0 saturated heterocycles. The Labute approximate surface area is 388 Å². The number of para-hydroxylation sites is 2. The lowest BCUT2D eigenvalue weighted by atomic mass is 9.97. The van der Waals surface area contributed by atoms with Crippen LogP contribution in [0, 0.1) is 0 Å². The molecule has 14 rings (SSSR count). The molecule has 0 bridgehead atoms. The van der Waals surface area contributed by atoms with Crippen molar-refractivity contribution in [3.63, 3.8) is 0 Å². The highest BCUT2D eigenvalue weighted by Gasteiger charge is 2.27. The van der Waals surface area contributed by atoms with Gasteiger partial charge in [-0.05, 0) is 76.2 Å². The smallest absolute Gasteiger partial charge is 0.163 e. The van der Waals surface area contributed by atoms with Crippen LogP contribution < -0.4 is 0 Å². The molecule has 0 N–H and O–H groups in total. The fourth-order valence-electron chi connectivity index (χ4n) is 10.6. The Morgan fingerprint density at radius 3 is 2.08 bits per heavy atom.